The van der Waals surface area contributed by atoms with Crippen molar-refractivity contribution in [3.05, 3.63) is 35.2 Å². The van der Waals surface area contributed by atoms with Gasteiger partial charge < -0.3 is 4.55 Å². The van der Waals surface area contributed by atoms with Gasteiger partial charge in [-0.15, -0.1) is 13.2 Å². The number of hydrogen-bond acceptors (Lipinski definition) is 3. The van der Waals surface area contributed by atoms with Gasteiger partial charge in [-0.25, -0.2) is 8.42 Å². The van der Waals surface area contributed by atoms with Crippen LogP contribution in [0.4, 0.5) is 26.3 Å². The van der Waals surface area contributed by atoms with Gasteiger partial charge >= 0.3 is 11.0 Å². The minimum atomic E-state index is -6.09. The van der Waals surface area contributed by atoms with E-state index in [0.29, 0.717) is 9.58 Å². The van der Waals surface area contributed by atoms with Gasteiger partial charge in [-0.2, -0.15) is 13.2 Å². The van der Waals surface area contributed by atoms with Crippen molar-refractivity contribution in [1.29, 1.82) is 0 Å². The number of benzene rings is 1. The van der Waals surface area contributed by atoms with Gasteiger partial charge in [0.2, 0.25) is 0 Å². The average molecular weight is 448 g/mol. The normalized spacial score (nSPS) is 17.8. The van der Waals surface area contributed by atoms with E-state index in [1.807, 2.05) is 18.2 Å². The van der Waals surface area contributed by atoms with Gasteiger partial charge in [0.25, 0.3) is 0 Å². The Hall–Kier alpha value is -1.33. The monoisotopic (exact) mass is 448 g/mol. The molecule has 1 saturated carbocycles. The van der Waals surface area contributed by atoms with Crippen molar-refractivity contribution in [1.82, 2.24) is 0 Å². The molecule has 0 spiro atoms. The van der Waals surface area contributed by atoms with E-state index in [4.69, 9.17) is 13.0 Å². The smallest absolute Gasteiger partial charge is 0.600 e. The Bertz CT molecular complexity index is 892. The molecule has 3 rings (SSSR count). The van der Waals surface area contributed by atoms with Crippen molar-refractivity contribution in [2.45, 2.75) is 55.5 Å². The topological polar surface area (TPSA) is 57.2 Å². The molecule has 158 valence electrons. The first-order valence-electron chi connectivity index (χ1n) is 8.46. The summed E-state index contributed by atoms with van der Waals surface area (Å²) in [6, 6.07) is 8.82. The van der Waals surface area contributed by atoms with Crippen LogP contribution in [0.2, 0.25) is 0 Å². The van der Waals surface area contributed by atoms with E-state index >= 15 is 0 Å². The molecule has 28 heavy (non-hydrogen) atoms. The van der Waals surface area contributed by atoms with Crippen LogP contribution in [0.3, 0.4) is 0 Å². The second-order valence-electron chi connectivity index (χ2n) is 6.42. The lowest BCUT2D eigenvalue weighted by Crippen LogP contribution is -2.21. The molecule has 1 atom stereocenters. The molecule has 0 aliphatic heterocycles. The lowest BCUT2D eigenvalue weighted by Gasteiger charge is -2.10. The molecule has 2 aromatic rings. The first-order chi connectivity index (χ1) is 12.8. The first kappa shape index (κ1) is 23.0. The molecule has 0 amide bonds. The summed E-state index contributed by atoms with van der Waals surface area (Å²) in [4.78, 5) is 0.639. The van der Waals surface area contributed by atoms with E-state index in [1.54, 1.807) is 12.1 Å². The highest BCUT2D eigenvalue weighted by Gasteiger charge is 2.49. The largest absolute Gasteiger partial charge is 0.741 e. The molecule has 1 heterocycles. The molecule has 1 unspecified atom stereocenters. The van der Waals surface area contributed by atoms with Crippen molar-refractivity contribution in [2.75, 3.05) is 0 Å². The van der Waals surface area contributed by atoms with E-state index < -0.39 is 31.6 Å². The maximum atomic E-state index is 13.5. The van der Waals surface area contributed by atoms with E-state index in [-0.39, 0.29) is 5.92 Å². The van der Waals surface area contributed by atoms with E-state index in [0.717, 1.165) is 43.9 Å². The lowest BCUT2D eigenvalue weighted by atomic mass is 9.98. The summed E-state index contributed by atoms with van der Waals surface area (Å²) in [6.45, 7) is 0. The summed E-state index contributed by atoms with van der Waals surface area (Å²) in [5.41, 5.74) is -9.79. The Morgan fingerprint density at radius 2 is 1.43 bits per heavy atom. The maximum absolute atomic E-state index is 13.5. The second-order valence-corrected chi connectivity index (χ2v) is 9.78. The molecular formula is C17H18F6O3S2. The fraction of sp³-hybridized carbons (Fsp3) is 0.529. The minimum Gasteiger partial charge on any atom is -0.741 e. The lowest BCUT2D eigenvalue weighted by molar-refractivity contribution is -0.0868. The number of alkyl halides is 6. The van der Waals surface area contributed by atoms with Gasteiger partial charge in [-0.1, -0.05) is 37.8 Å². The van der Waals surface area contributed by atoms with Crippen LogP contribution < -0.4 is 0 Å². The van der Waals surface area contributed by atoms with Gasteiger partial charge in [-0.05, 0) is 25.0 Å². The standard InChI is InChI=1S/C16H18F3S.CHF3O3S/c17-16(18,19)20-14-10-6-5-9-13(14)11-15(20)12-7-3-1-2-4-8-12;2-1(3,4)8(5,6)7/h5-6,9-12H,1-4,7-8H2;(H,5,6,7)/q+1;/p-1. The Morgan fingerprint density at radius 3 is 1.89 bits per heavy atom. The van der Waals surface area contributed by atoms with Crippen LogP contribution in [0.1, 0.15) is 49.3 Å². The zero-order valence-corrected chi connectivity index (χ0v) is 16.1. The van der Waals surface area contributed by atoms with E-state index in [2.05, 4.69) is 0 Å². The molecular weight excluding hydrogens is 430 g/mol. The Kier molecular flexibility index (Phi) is 7.03. The third kappa shape index (κ3) is 5.60. The van der Waals surface area contributed by atoms with E-state index in [1.165, 1.54) is 0 Å². The second kappa shape index (κ2) is 8.58. The molecule has 0 N–H and O–H groups in total. The zero-order valence-electron chi connectivity index (χ0n) is 14.5. The number of hydrogen-bond donors (Lipinski definition) is 0. The molecule has 1 fully saturated rings. The molecule has 1 aliphatic rings. The van der Waals surface area contributed by atoms with Crippen LogP contribution in [-0.2, 0) is 15.6 Å². The summed E-state index contributed by atoms with van der Waals surface area (Å²) >= 11 is 0. The Labute approximate surface area is 161 Å². The molecule has 11 heteroatoms. The highest BCUT2D eigenvalue weighted by atomic mass is 32.2. The van der Waals surface area contributed by atoms with Crippen LogP contribution in [0.25, 0.3) is 10.1 Å². The molecule has 1 aromatic carbocycles. The highest BCUT2D eigenvalue weighted by Crippen LogP contribution is 2.54. The zero-order chi connectivity index (χ0) is 21.2. The summed E-state index contributed by atoms with van der Waals surface area (Å²) in [7, 11) is -7.79. The number of halogens is 6. The molecule has 0 radical (unpaired) electrons. The van der Waals surface area contributed by atoms with Crippen molar-refractivity contribution in [3.8, 4) is 0 Å². The summed E-state index contributed by atoms with van der Waals surface area (Å²) < 4.78 is 99.9. The maximum Gasteiger partial charge on any atom is 0.600 e. The van der Waals surface area contributed by atoms with Crippen LogP contribution in [0, 0.1) is 0 Å². The molecule has 3 nitrogen and oxygen atoms in total. The fourth-order valence-corrected chi connectivity index (χ4v) is 5.39. The molecule has 0 bridgehead atoms. The summed E-state index contributed by atoms with van der Waals surface area (Å²) in [5.74, 6) is 0.120. The SMILES string of the molecule is FC(F)(F)[s+]1c(C2CCCCCC2)cc2ccccc21.O=S(=O)([O-])C(F)(F)F. The van der Waals surface area contributed by atoms with Crippen molar-refractivity contribution in [3.63, 3.8) is 0 Å². The first-order valence-corrected chi connectivity index (χ1v) is 11.1. The van der Waals surface area contributed by atoms with Crippen LogP contribution >= 0.6 is 10.5 Å². The van der Waals surface area contributed by atoms with Gasteiger partial charge in [0, 0.05) is 17.4 Å². The third-order valence-corrected chi connectivity index (χ3v) is 7.21. The van der Waals surface area contributed by atoms with Crippen molar-refractivity contribution < 1.29 is 39.3 Å². The highest BCUT2D eigenvalue weighted by molar-refractivity contribution is 7.86. The van der Waals surface area contributed by atoms with Crippen LogP contribution in [0.15, 0.2) is 30.3 Å². The predicted octanol–water partition coefficient (Wildman–Crippen LogP) is 6.55. The summed E-state index contributed by atoms with van der Waals surface area (Å²) in [6.07, 6.45) is 6.28. The van der Waals surface area contributed by atoms with Gasteiger partial charge in [0.1, 0.15) is 0 Å². The average Bonchev–Trinajstić information content (AvgIpc) is 2.74. The van der Waals surface area contributed by atoms with Crippen molar-refractivity contribution in [2.24, 2.45) is 0 Å². The third-order valence-electron chi connectivity index (χ3n) is 4.44. The van der Waals surface area contributed by atoms with Gasteiger partial charge in [-0.3, -0.25) is 0 Å². The fourth-order valence-electron chi connectivity index (χ4n) is 3.23. The Morgan fingerprint density at radius 1 is 0.929 bits per heavy atom. The number of fused-ring (bicyclic) bond motifs is 1. The van der Waals surface area contributed by atoms with Gasteiger partial charge in [0.15, 0.2) is 19.7 Å². The van der Waals surface area contributed by atoms with Crippen LogP contribution in [0.5, 0.6) is 0 Å². The minimum absolute atomic E-state index is 0.120. The van der Waals surface area contributed by atoms with Gasteiger partial charge in [0.05, 0.1) is 10.5 Å². The predicted molar refractivity (Wildman–Crippen MR) is 93.9 cm³/mol. The molecule has 1 aliphatic carbocycles. The number of rotatable bonds is 1. The molecule has 1 aromatic heterocycles. The summed E-state index contributed by atoms with van der Waals surface area (Å²) in [5, 5.41) is 0.771. The quantitative estimate of drug-likeness (QED) is 0.163. The van der Waals surface area contributed by atoms with Crippen LogP contribution in [-0.4, -0.2) is 18.5 Å². The van der Waals surface area contributed by atoms with E-state index in [9.17, 15) is 26.3 Å². The van der Waals surface area contributed by atoms with Crippen molar-refractivity contribution >= 4 is 30.7 Å². The molecule has 0 saturated heterocycles. The Balaban J connectivity index is 0.000000300. The number of thiophene rings is 1.